The van der Waals surface area contributed by atoms with Gasteiger partial charge in [-0.15, -0.1) is 0 Å². The number of aliphatic imine (C=N–C) groups is 1. The van der Waals surface area contributed by atoms with Gasteiger partial charge in [-0.2, -0.15) is 0 Å². The van der Waals surface area contributed by atoms with Crippen LogP contribution in [-0.4, -0.2) is 55.9 Å². The number of carbonyl (C=O) groups is 2. The highest BCUT2D eigenvalue weighted by atomic mass is 79.9. The van der Waals surface area contributed by atoms with Crippen molar-refractivity contribution in [3.63, 3.8) is 0 Å². The number of ether oxygens (including phenoxy) is 4. The van der Waals surface area contributed by atoms with E-state index in [1.165, 1.54) is 18.9 Å². The maximum absolute atomic E-state index is 13.1. The first-order chi connectivity index (χ1) is 16.4. The third-order valence-corrected chi connectivity index (χ3v) is 6.42. The van der Waals surface area contributed by atoms with Gasteiger partial charge in [0.1, 0.15) is 5.75 Å². The molecule has 10 heteroatoms. The van der Waals surface area contributed by atoms with Crippen LogP contribution in [0.3, 0.4) is 0 Å². The second-order valence-corrected chi connectivity index (χ2v) is 8.73. The number of esters is 1. The van der Waals surface area contributed by atoms with Gasteiger partial charge in [0.05, 0.1) is 31.4 Å². The number of carbonyl (C=O) groups excluding carboxylic acids is 2. The SMILES string of the molecule is CCOc1cc(/C=C2/SC(=Nc3ccc(OC)cc3)N(CC)C2=O)c(Br)cc1OCC(=O)OC. The quantitative estimate of drug-likeness (QED) is 0.320. The number of methoxy groups -OCH3 is 2. The summed E-state index contributed by atoms with van der Waals surface area (Å²) in [5.41, 5.74) is 1.45. The number of nitrogens with zero attached hydrogens (tertiary/aromatic N) is 2. The third-order valence-electron chi connectivity index (χ3n) is 4.72. The summed E-state index contributed by atoms with van der Waals surface area (Å²) < 4.78 is 21.7. The van der Waals surface area contributed by atoms with Crippen LogP contribution in [0.15, 0.2) is 50.8 Å². The lowest BCUT2D eigenvalue weighted by atomic mass is 10.2. The van der Waals surface area contributed by atoms with Gasteiger partial charge < -0.3 is 18.9 Å². The summed E-state index contributed by atoms with van der Waals surface area (Å²) >= 11 is 4.83. The van der Waals surface area contributed by atoms with Gasteiger partial charge in [-0.25, -0.2) is 9.79 Å². The van der Waals surface area contributed by atoms with E-state index in [9.17, 15) is 9.59 Å². The molecule has 1 fully saturated rings. The van der Waals surface area contributed by atoms with Gasteiger partial charge in [-0.1, -0.05) is 15.9 Å². The summed E-state index contributed by atoms with van der Waals surface area (Å²) in [7, 11) is 2.90. The fraction of sp³-hybridized carbons (Fsp3) is 0.292. The lowest BCUT2D eigenvalue weighted by Gasteiger charge is -2.13. The van der Waals surface area contributed by atoms with E-state index in [2.05, 4.69) is 25.7 Å². The van der Waals surface area contributed by atoms with Crippen molar-refractivity contribution in [2.24, 2.45) is 4.99 Å². The number of rotatable bonds is 9. The smallest absolute Gasteiger partial charge is 0.343 e. The highest BCUT2D eigenvalue weighted by molar-refractivity contribution is 9.10. The number of halogens is 1. The Labute approximate surface area is 211 Å². The summed E-state index contributed by atoms with van der Waals surface area (Å²) in [6.45, 7) is 4.41. The van der Waals surface area contributed by atoms with Crippen molar-refractivity contribution < 1.29 is 28.5 Å². The molecule has 0 radical (unpaired) electrons. The summed E-state index contributed by atoms with van der Waals surface area (Å²) in [5.74, 6) is 0.956. The predicted molar refractivity (Wildman–Crippen MR) is 136 cm³/mol. The Kier molecular flexibility index (Phi) is 9.00. The molecular formula is C24H25BrN2O6S. The summed E-state index contributed by atoms with van der Waals surface area (Å²) in [6, 6.07) is 10.8. The molecule has 0 aliphatic carbocycles. The number of likely N-dealkylation sites (N-methyl/N-ethyl adjacent to an activating group) is 1. The molecule has 1 aliphatic rings. The first-order valence-electron chi connectivity index (χ1n) is 10.5. The van der Waals surface area contributed by atoms with E-state index in [1.807, 2.05) is 38.1 Å². The Balaban J connectivity index is 1.91. The Bertz CT molecular complexity index is 1120. The van der Waals surface area contributed by atoms with Crippen molar-refractivity contribution in [2.75, 3.05) is 34.0 Å². The highest BCUT2D eigenvalue weighted by Crippen LogP contribution is 2.39. The number of hydrogen-bond donors (Lipinski definition) is 0. The molecule has 2 aromatic rings. The molecule has 0 saturated carbocycles. The van der Waals surface area contributed by atoms with Gasteiger partial charge >= 0.3 is 5.97 Å². The van der Waals surface area contributed by atoms with E-state index in [1.54, 1.807) is 30.2 Å². The van der Waals surface area contributed by atoms with Gasteiger partial charge in [0.2, 0.25) is 0 Å². The van der Waals surface area contributed by atoms with E-state index in [0.717, 1.165) is 17.0 Å². The standard InChI is InChI=1S/C24H25BrN2O6S/c1-5-27-23(29)21(34-24(27)26-16-7-9-17(30-3)10-8-16)12-15-11-19(32-6-2)20(13-18(15)25)33-14-22(28)31-4/h7-13H,5-6,14H2,1-4H3/b21-12+,26-24?. The molecule has 0 aromatic heterocycles. The molecule has 0 spiro atoms. The molecule has 180 valence electrons. The molecule has 0 bridgehead atoms. The number of amidine groups is 1. The van der Waals surface area contributed by atoms with Crippen LogP contribution in [0, 0.1) is 0 Å². The fourth-order valence-corrected chi connectivity index (χ4v) is 4.51. The average molecular weight is 549 g/mol. The van der Waals surface area contributed by atoms with Crippen LogP contribution in [-0.2, 0) is 14.3 Å². The minimum atomic E-state index is -0.499. The van der Waals surface area contributed by atoms with Crippen LogP contribution in [0.25, 0.3) is 6.08 Å². The molecule has 34 heavy (non-hydrogen) atoms. The van der Waals surface area contributed by atoms with Crippen molar-refractivity contribution in [3.05, 3.63) is 51.3 Å². The number of amides is 1. The van der Waals surface area contributed by atoms with Crippen LogP contribution in [0.5, 0.6) is 17.2 Å². The van der Waals surface area contributed by atoms with Crippen molar-refractivity contribution in [3.8, 4) is 17.2 Å². The molecule has 0 atom stereocenters. The van der Waals surface area contributed by atoms with Gasteiger partial charge in [-0.05, 0) is 73.6 Å². The molecule has 1 amide bonds. The van der Waals surface area contributed by atoms with E-state index in [-0.39, 0.29) is 12.5 Å². The van der Waals surface area contributed by atoms with Crippen molar-refractivity contribution >= 4 is 56.5 Å². The topological polar surface area (TPSA) is 86.7 Å². The highest BCUT2D eigenvalue weighted by Gasteiger charge is 2.32. The number of thioether (sulfide) groups is 1. The Morgan fingerprint density at radius 2 is 1.82 bits per heavy atom. The first-order valence-corrected chi connectivity index (χ1v) is 12.1. The van der Waals surface area contributed by atoms with Crippen molar-refractivity contribution in [1.82, 2.24) is 4.90 Å². The van der Waals surface area contributed by atoms with Gasteiger partial charge in [0.15, 0.2) is 23.3 Å². The van der Waals surface area contributed by atoms with E-state index >= 15 is 0 Å². The van der Waals surface area contributed by atoms with Crippen molar-refractivity contribution in [1.29, 1.82) is 0 Å². The minimum Gasteiger partial charge on any atom is -0.497 e. The zero-order valence-electron chi connectivity index (χ0n) is 19.3. The number of benzene rings is 2. The third kappa shape index (κ3) is 6.12. The first kappa shape index (κ1) is 25.6. The van der Waals surface area contributed by atoms with E-state index < -0.39 is 5.97 Å². The summed E-state index contributed by atoms with van der Waals surface area (Å²) in [4.78, 5) is 31.3. The lowest BCUT2D eigenvalue weighted by Crippen LogP contribution is -2.28. The lowest BCUT2D eigenvalue weighted by molar-refractivity contribution is -0.142. The average Bonchev–Trinajstić information content (AvgIpc) is 3.13. The second-order valence-electron chi connectivity index (χ2n) is 6.87. The fourth-order valence-electron chi connectivity index (χ4n) is 3.02. The maximum Gasteiger partial charge on any atom is 0.343 e. The van der Waals surface area contributed by atoms with E-state index in [0.29, 0.717) is 39.2 Å². The van der Waals surface area contributed by atoms with Gasteiger partial charge in [0.25, 0.3) is 5.91 Å². The minimum absolute atomic E-state index is 0.129. The van der Waals surface area contributed by atoms with Crippen LogP contribution in [0.4, 0.5) is 5.69 Å². The molecule has 0 N–H and O–H groups in total. The second kappa shape index (κ2) is 11.9. The maximum atomic E-state index is 13.1. The zero-order valence-corrected chi connectivity index (χ0v) is 21.7. The molecular weight excluding hydrogens is 524 g/mol. The molecule has 1 saturated heterocycles. The molecule has 3 rings (SSSR count). The van der Waals surface area contributed by atoms with Crippen LogP contribution in [0.2, 0.25) is 0 Å². The molecule has 0 unspecified atom stereocenters. The molecule has 2 aromatic carbocycles. The summed E-state index contributed by atoms with van der Waals surface area (Å²) in [6.07, 6.45) is 1.78. The van der Waals surface area contributed by atoms with Crippen LogP contribution in [0.1, 0.15) is 19.4 Å². The largest absolute Gasteiger partial charge is 0.497 e. The Morgan fingerprint density at radius 1 is 1.12 bits per heavy atom. The summed E-state index contributed by atoms with van der Waals surface area (Å²) in [5, 5.41) is 0.600. The predicted octanol–water partition coefficient (Wildman–Crippen LogP) is 5.03. The van der Waals surface area contributed by atoms with Crippen molar-refractivity contribution in [2.45, 2.75) is 13.8 Å². The van der Waals surface area contributed by atoms with Gasteiger partial charge in [-0.3, -0.25) is 9.69 Å². The zero-order chi connectivity index (χ0) is 24.7. The number of hydrogen-bond acceptors (Lipinski definition) is 8. The molecule has 1 heterocycles. The Morgan fingerprint density at radius 3 is 2.44 bits per heavy atom. The Hall–Kier alpha value is -2.98. The van der Waals surface area contributed by atoms with Gasteiger partial charge in [0, 0.05) is 11.0 Å². The van der Waals surface area contributed by atoms with E-state index in [4.69, 9.17) is 14.2 Å². The van der Waals surface area contributed by atoms with Crippen LogP contribution >= 0.6 is 27.7 Å². The normalized spacial score (nSPS) is 15.7. The van der Waals surface area contributed by atoms with Crippen LogP contribution < -0.4 is 14.2 Å². The monoisotopic (exact) mass is 548 g/mol. The molecule has 1 aliphatic heterocycles. The molecule has 8 nitrogen and oxygen atoms in total.